The Kier molecular flexibility index (Phi) is 6.68. The SMILES string of the molecule is c1ccc(N(c2ccc3c(c2)C2(c4ccccc4-c4ccccc42)c2ccccc2-3)c2cccc3c2oc2c(-c4cccc5ccccc45)c4ccccc4cc23)cc1. The van der Waals surface area contributed by atoms with Crippen molar-refractivity contribution < 1.29 is 4.42 Å². The first-order valence-corrected chi connectivity index (χ1v) is 20.4. The highest BCUT2D eigenvalue weighted by Crippen LogP contribution is 2.63. The maximum absolute atomic E-state index is 7.34. The summed E-state index contributed by atoms with van der Waals surface area (Å²) in [5, 5.41) is 6.99. The first-order valence-electron chi connectivity index (χ1n) is 20.4. The number of hydrogen-bond donors (Lipinski definition) is 0. The summed E-state index contributed by atoms with van der Waals surface area (Å²) >= 11 is 0. The third-order valence-electron chi connectivity index (χ3n) is 13.0. The van der Waals surface area contributed by atoms with Crippen molar-refractivity contribution in [3.05, 3.63) is 235 Å². The van der Waals surface area contributed by atoms with Gasteiger partial charge in [-0.15, -0.1) is 0 Å². The zero-order chi connectivity index (χ0) is 38.7. The number of fused-ring (bicyclic) bond motifs is 15. The summed E-state index contributed by atoms with van der Waals surface area (Å²) in [5.74, 6) is 0. The first-order chi connectivity index (χ1) is 29.3. The molecule has 10 aromatic carbocycles. The quantitative estimate of drug-likeness (QED) is 0.178. The van der Waals surface area contributed by atoms with Gasteiger partial charge in [-0.1, -0.05) is 176 Å². The summed E-state index contributed by atoms with van der Waals surface area (Å²) < 4.78 is 7.34. The molecule has 0 saturated heterocycles. The summed E-state index contributed by atoms with van der Waals surface area (Å²) in [6, 6.07) is 77.8. The Morgan fingerprint density at radius 2 is 0.864 bits per heavy atom. The topological polar surface area (TPSA) is 16.4 Å². The summed E-state index contributed by atoms with van der Waals surface area (Å²) in [6.45, 7) is 0. The van der Waals surface area contributed by atoms with Gasteiger partial charge < -0.3 is 9.32 Å². The Balaban J connectivity index is 1.10. The minimum absolute atomic E-state index is 0.448. The lowest BCUT2D eigenvalue weighted by atomic mass is 9.70. The molecule has 2 aliphatic rings. The van der Waals surface area contributed by atoms with Gasteiger partial charge in [-0.05, 0) is 108 Å². The summed E-state index contributed by atoms with van der Waals surface area (Å²) in [6.07, 6.45) is 0. The molecule has 13 rings (SSSR count). The molecule has 59 heavy (non-hydrogen) atoms. The number of para-hydroxylation sites is 2. The van der Waals surface area contributed by atoms with E-state index in [1.807, 2.05) is 0 Å². The molecule has 2 nitrogen and oxygen atoms in total. The Hall–Kier alpha value is -7.68. The fourth-order valence-electron chi connectivity index (χ4n) is 10.7. The third-order valence-corrected chi connectivity index (χ3v) is 13.0. The van der Waals surface area contributed by atoms with Crippen molar-refractivity contribution >= 4 is 60.5 Å². The molecule has 0 radical (unpaired) electrons. The second kappa shape index (κ2) is 12.2. The highest BCUT2D eigenvalue weighted by atomic mass is 16.3. The van der Waals surface area contributed by atoms with Crippen molar-refractivity contribution in [3.8, 4) is 33.4 Å². The molecular formula is C57H35NO. The predicted molar refractivity (Wildman–Crippen MR) is 245 cm³/mol. The molecule has 0 saturated carbocycles. The fourth-order valence-corrected chi connectivity index (χ4v) is 10.7. The van der Waals surface area contributed by atoms with Crippen LogP contribution in [0.2, 0.25) is 0 Å². The molecule has 2 heteroatoms. The maximum Gasteiger partial charge on any atom is 0.159 e. The van der Waals surface area contributed by atoms with Crippen LogP contribution in [0.1, 0.15) is 22.3 Å². The lowest BCUT2D eigenvalue weighted by Crippen LogP contribution is -2.26. The van der Waals surface area contributed by atoms with E-state index >= 15 is 0 Å². The molecule has 0 N–H and O–H groups in total. The Morgan fingerprint density at radius 3 is 1.59 bits per heavy atom. The second-order valence-electron chi connectivity index (χ2n) is 15.9. The van der Waals surface area contributed by atoms with Crippen molar-refractivity contribution in [1.82, 2.24) is 0 Å². The highest BCUT2D eigenvalue weighted by molar-refractivity contribution is 6.22. The molecule has 0 fully saturated rings. The first kappa shape index (κ1) is 32.4. The van der Waals surface area contributed by atoms with Gasteiger partial charge in [0.25, 0.3) is 0 Å². The van der Waals surface area contributed by atoms with Crippen LogP contribution < -0.4 is 4.90 Å². The molecule has 0 atom stereocenters. The van der Waals surface area contributed by atoms with Crippen LogP contribution in [0.15, 0.2) is 217 Å². The van der Waals surface area contributed by atoms with Crippen LogP contribution >= 0.6 is 0 Å². The van der Waals surface area contributed by atoms with Crippen LogP contribution in [-0.2, 0) is 5.41 Å². The largest absolute Gasteiger partial charge is 0.453 e. The lowest BCUT2D eigenvalue weighted by Gasteiger charge is -2.32. The van der Waals surface area contributed by atoms with Crippen molar-refractivity contribution in [2.45, 2.75) is 5.41 Å². The maximum atomic E-state index is 7.34. The summed E-state index contributed by atoms with van der Waals surface area (Å²) in [4.78, 5) is 2.39. The standard InChI is InChI=1S/C57H35NO/c1-2-19-38(20-3-1)58(39-32-33-45-44-25-10-13-30-51(44)57(52(45)35-39)49-28-11-8-23-42(49)43-24-9-12-29-50(43)57)53-31-15-27-47-48-34-37-17-5-7-22-41(37)54(56(48)59-55(47)53)46-26-14-18-36-16-4-6-21-40(36)46/h1-35H. The summed E-state index contributed by atoms with van der Waals surface area (Å²) in [7, 11) is 0. The molecule has 0 bridgehead atoms. The van der Waals surface area contributed by atoms with Gasteiger partial charge in [0.05, 0.1) is 11.1 Å². The number of anilines is 3. The van der Waals surface area contributed by atoms with Gasteiger partial charge in [0, 0.05) is 27.7 Å². The van der Waals surface area contributed by atoms with E-state index in [1.165, 1.54) is 71.6 Å². The van der Waals surface area contributed by atoms with Crippen molar-refractivity contribution in [1.29, 1.82) is 0 Å². The molecule has 1 spiro atoms. The van der Waals surface area contributed by atoms with Crippen molar-refractivity contribution in [2.75, 3.05) is 4.90 Å². The normalized spacial score (nSPS) is 13.2. The monoisotopic (exact) mass is 749 g/mol. The molecule has 1 heterocycles. The van der Waals surface area contributed by atoms with E-state index in [0.29, 0.717) is 0 Å². The van der Waals surface area contributed by atoms with E-state index in [1.54, 1.807) is 0 Å². The van der Waals surface area contributed by atoms with Crippen LogP contribution in [0, 0.1) is 0 Å². The average Bonchev–Trinajstić information content (AvgIpc) is 3.93. The predicted octanol–water partition coefficient (Wildman–Crippen LogP) is 15.4. The van der Waals surface area contributed by atoms with Gasteiger partial charge in [-0.25, -0.2) is 0 Å². The Labute approximate surface area is 341 Å². The molecule has 1 aromatic heterocycles. The van der Waals surface area contributed by atoms with E-state index in [0.717, 1.165) is 44.6 Å². The number of nitrogens with zero attached hydrogens (tertiary/aromatic N) is 1. The molecule has 0 unspecified atom stereocenters. The van der Waals surface area contributed by atoms with Gasteiger partial charge in [0.1, 0.15) is 5.58 Å². The van der Waals surface area contributed by atoms with Crippen LogP contribution in [0.5, 0.6) is 0 Å². The molecule has 11 aromatic rings. The van der Waals surface area contributed by atoms with Gasteiger partial charge >= 0.3 is 0 Å². The molecule has 0 aliphatic heterocycles. The van der Waals surface area contributed by atoms with Crippen molar-refractivity contribution in [3.63, 3.8) is 0 Å². The van der Waals surface area contributed by atoms with Gasteiger partial charge in [-0.3, -0.25) is 0 Å². The molecular weight excluding hydrogens is 715 g/mol. The molecule has 2 aliphatic carbocycles. The Bertz CT molecular complexity index is 3450. The minimum Gasteiger partial charge on any atom is -0.453 e. The van der Waals surface area contributed by atoms with E-state index < -0.39 is 5.41 Å². The summed E-state index contributed by atoms with van der Waals surface area (Å²) in [5.41, 5.74) is 17.2. The lowest BCUT2D eigenvalue weighted by molar-refractivity contribution is 0.670. The number of furan rings is 1. The van der Waals surface area contributed by atoms with Crippen LogP contribution in [0.4, 0.5) is 17.1 Å². The second-order valence-corrected chi connectivity index (χ2v) is 15.9. The van der Waals surface area contributed by atoms with E-state index in [2.05, 4.69) is 217 Å². The number of hydrogen-bond acceptors (Lipinski definition) is 2. The zero-order valence-corrected chi connectivity index (χ0v) is 32.1. The number of rotatable bonds is 4. The molecule has 274 valence electrons. The van der Waals surface area contributed by atoms with E-state index in [-0.39, 0.29) is 0 Å². The molecule has 0 amide bonds. The minimum atomic E-state index is -0.448. The van der Waals surface area contributed by atoms with Crippen LogP contribution in [0.25, 0.3) is 76.9 Å². The number of benzene rings is 10. The van der Waals surface area contributed by atoms with Gasteiger partial charge in [0.15, 0.2) is 5.58 Å². The average molecular weight is 750 g/mol. The van der Waals surface area contributed by atoms with Crippen LogP contribution in [-0.4, -0.2) is 0 Å². The van der Waals surface area contributed by atoms with Gasteiger partial charge in [-0.2, -0.15) is 0 Å². The van der Waals surface area contributed by atoms with Crippen LogP contribution in [0.3, 0.4) is 0 Å². The van der Waals surface area contributed by atoms with Crippen molar-refractivity contribution in [2.24, 2.45) is 0 Å². The highest BCUT2D eigenvalue weighted by Gasteiger charge is 2.51. The fraction of sp³-hybridized carbons (Fsp3) is 0.0175. The zero-order valence-electron chi connectivity index (χ0n) is 32.1. The van der Waals surface area contributed by atoms with E-state index in [4.69, 9.17) is 4.42 Å². The third kappa shape index (κ3) is 4.35. The van der Waals surface area contributed by atoms with Gasteiger partial charge in [0.2, 0.25) is 0 Å². The smallest absolute Gasteiger partial charge is 0.159 e. The Morgan fingerprint density at radius 1 is 0.322 bits per heavy atom. The van der Waals surface area contributed by atoms with E-state index in [9.17, 15) is 0 Å².